The first kappa shape index (κ1) is 20.6. The van der Waals surface area contributed by atoms with Crippen LogP contribution in [0.5, 0.6) is 0 Å². The molecule has 0 bridgehead atoms. The number of carbonyl (C=O) groups is 2. The predicted molar refractivity (Wildman–Crippen MR) is 28.7 cm³/mol. The van der Waals surface area contributed by atoms with E-state index in [4.69, 9.17) is 0 Å². The smallest absolute Gasteiger partial charge is 0.549 e. The van der Waals surface area contributed by atoms with E-state index >= 15 is 0 Å². The van der Waals surface area contributed by atoms with Gasteiger partial charge in [-0.1, -0.05) is 0 Å². The quantitative estimate of drug-likeness (QED) is 0.462. The molecule has 0 unspecified atom stereocenters. The van der Waals surface area contributed by atoms with E-state index in [-0.39, 0.29) is 103 Å². The second kappa shape index (κ2) is 9.39. The predicted octanol–water partition coefficient (Wildman–Crippen LogP) is -10.1. The second-order valence-corrected chi connectivity index (χ2v) is 3.84. The molecule has 0 spiro atoms. The monoisotopic (exact) mass is 258 g/mol. The minimum absolute atomic E-state index is 0. The van der Waals surface area contributed by atoms with Crippen LogP contribution in [0.3, 0.4) is 0 Å². The maximum Gasteiger partial charge on any atom is 1.00 e. The van der Waals surface area contributed by atoms with E-state index in [2.05, 4.69) is 0 Å². The first-order valence-electron chi connectivity index (χ1n) is 2.43. The fourth-order valence-electron chi connectivity index (χ4n) is 0.410. The topological polar surface area (TPSA) is 114 Å². The van der Waals surface area contributed by atoms with Crippen molar-refractivity contribution in [1.82, 2.24) is 0 Å². The number of carbonyl (C=O) groups excluding carboxylic acids is 2. The van der Waals surface area contributed by atoms with Crippen molar-refractivity contribution >= 4 is 21.8 Å². The van der Waals surface area contributed by atoms with Gasteiger partial charge in [0.2, 0.25) is 0 Å². The molecule has 0 saturated carbocycles. The molecule has 0 aromatic heterocycles. The van der Waals surface area contributed by atoms with Crippen LogP contribution in [0.25, 0.3) is 0 Å². The zero-order valence-electron chi connectivity index (χ0n) is 7.27. The van der Waals surface area contributed by atoms with E-state index in [0.717, 1.165) is 0 Å². The van der Waals surface area contributed by atoms with Crippen molar-refractivity contribution < 1.29 is 131 Å². The molecular formula is C4H4K2O6S. The molecule has 0 aromatic rings. The molecule has 0 N–H and O–H groups in total. The molecule has 9 heteroatoms. The van der Waals surface area contributed by atoms with Crippen LogP contribution in [0, 0.1) is 0 Å². The molecular weight excluding hydrogens is 254 g/mol. The van der Waals surface area contributed by atoms with Gasteiger partial charge in [0, 0.05) is 0 Å². The fourth-order valence-corrected chi connectivity index (χ4v) is 1.23. The first-order valence-corrected chi connectivity index (χ1v) is 4.26. The van der Waals surface area contributed by atoms with Gasteiger partial charge in [0.15, 0.2) is 9.84 Å². The first-order chi connectivity index (χ1) is 4.83. The van der Waals surface area contributed by atoms with Crippen molar-refractivity contribution in [1.29, 1.82) is 0 Å². The summed E-state index contributed by atoms with van der Waals surface area (Å²) in [6, 6.07) is 0. The standard InChI is InChI=1S/C4H6O6S.2K/c5-3(6)1-11(9,10)2-4(7)8;;/h1-2H2,(H,5,6)(H,7,8);;/q;2*+1/p-2. The molecule has 0 aliphatic carbocycles. The van der Waals surface area contributed by atoms with Gasteiger partial charge in [0.05, 0.1) is 23.4 Å². The molecule has 0 aromatic carbocycles. The van der Waals surface area contributed by atoms with Gasteiger partial charge in [0.1, 0.15) is 0 Å². The number of carboxylic acids is 2. The normalized spacial score (nSPS) is 9.23. The Labute approximate surface area is 160 Å². The molecule has 0 atom stereocenters. The number of hydrogen-bond acceptors (Lipinski definition) is 6. The Balaban J connectivity index is -0.000000500. The number of hydrogen-bond donors (Lipinski definition) is 0. The van der Waals surface area contributed by atoms with Crippen LogP contribution in [0.4, 0.5) is 0 Å². The van der Waals surface area contributed by atoms with Crippen LogP contribution in [0.1, 0.15) is 0 Å². The maximum absolute atomic E-state index is 10.4. The third kappa shape index (κ3) is 14.2. The molecule has 0 fully saturated rings. The summed E-state index contributed by atoms with van der Waals surface area (Å²) in [5, 5.41) is 19.4. The molecule has 6 nitrogen and oxygen atoms in total. The SMILES string of the molecule is O=C([O-])CS(=O)(=O)CC(=O)[O-].[K+].[K+]. The van der Waals surface area contributed by atoms with Gasteiger partial charge >= 0.3 is 103 Å². The van der Waals surface area contributed by atoms with Crippen LogP contribution >= 0.6 is 0 Å². The van der Waals surface area contributed by atoms with Crippen molar-refractivity contribution in [2.75, 3.05) is 11.5 Å². The summed E-state index contributed by atoms with van der Waals surface area (Å²) >= 11 is 0. The molecule has 64 valence electrons. The maximum atomic E-state index is 10.4. The third-order valence-electron chi connectivity index (χ3n) is 0.676. The van der Waals surface area contributed by atoms with Crippen LogP contribution in [-0.4, -0.2) is 31.9 Å². The molecule has 0 amide bonds. The summed E-state index contributed by atoms with van der Waals surface area (Å²) in [5.74, 6) is -6.24. The Kier molecular flexibility index (Phi) is 14.9. The van der Waals surface area contributed by atoms with Crippen molar-refractivity contribution in [3.05, 3.63) is 0 Å². The average molecular weight is 258 g/mol. The Morgan fingerprint density at radius 2 is 1.15 bits per heavy atom. The number of rotatable bonds is 4. The van der Waals surface area contributed by atoms with Crippen molar-refractivity contribution in [3.63, 3.8) is 0 Å². The van der Waals surface area contributed by atoms with E-state index < -0.39 is 33.3 Å². The summed E-state index contributed by atoms with van der Waals surface area (Å²) < 4.78 is 20.8. The Morgan fingerprint density at radius 1 is 0.923 bits per heavy atom. The van der Waals surface area contributed by atoms with Gasteiger partial charge in [-0.3, -0.25) is 0 Å². The Hall–Kier alpha value is 2.16. The summed E-state index contributed by atoms with van der Waals surface area (Å²) in [7, 11) is -4.10. The number of carboxylic acid groups (broad SMARTS) is 2. The van der Waals surface area contributed by atoms with Crippen LogP contribution in [0.15, 0.2) is 0 Å². The van der Waals surface area contributed by atoms with Crippen molar-refractivity contribution in [2.45, 2.75) is 0 Å². The van der Waals surface area contributed by atoms with E-state index in [1.165, 1.54) is 0 Å². The molecule has 0 saturated heterocycles. The molecule has 0 radical (unpaired) electrons. The zero-order valence-corrected chi connectivity index (χ0v) is 14.3. The van der Waals surface area contributed by atoms with Gasteiger partial charge in [-0.05, 0) is 0 Å². The van der Waals surface area contributed by atoms with Gasteiger partial charge in [-0.2, -0.15) is 0 Å². The van der Waals surface area contributed by atoms with Crippen molar-refractivity contribution in [3.8, 4) is 0 Å². The van der Waals surface area contributed by atoms with E-state index in [1.54, 1.807) is 0 Å². The number of aliphatic carboxylic acids is 2. The van der Waals surface area contributed by atoms with Crippen LogP contribution in [-0.2, 0) is 19.4 Å². The largest absolute Gasteiger partial charge is 1.00 e. The van der Waals surface area contributed by atoms with Gasteiger partial charge in [-0.15, -0.1) is 0 Å². The fraction of sp³-hybridized carbons (Fsp3) is 0.500. The van der Waals surface area contributed by atoms with Gasteiger partial charge in [0.25, 0.3) is 0 Å². The molecule has 0 rings (SSSR count). The van der Waals surface area contributed by atoms with E-state index in [0.29, 0.717) is 0 Å². The number of sulfone groups is 1. The average Bonchev–Trinajstić information content (AvgIpc) is 1.53. The Bertz CT molecular complexity index is 248. The molecule has 13 heavy (non-hydrogen) atoms. The minimum Gasteiger partial charge on any atom is -0.549 e. The summed E-state index contributed by atoms with van der Waals surface area (Å²) in [4.78, 5) is 19.4. The Morgan fingerprint density at radius 3 is 1.31 bits per heavy atom. The second-order valence-electron chi connectivity index (χ2n) is 1.78. The van der Waals surface area contributed by atoms with E-state index in [9.17, 15) is 28.2 Å². The molecule has 0 heterocycles. The molecule has 0 aliphatic heterocycles. The van der Waals surface area contributed by atoms with Crippen LogP contribution < -0.4 is 113 Å². The summed E-state index contributed by atoms with van der Waals surface area (Å²) in [6.07, 6.45) is 0. The van der Waals surface area contributed by atoms with Gasteiger partial charge < -0.3 is 19.8 Å². The third-order valence-corrected chi connectivity index (χ3v) is 2.03. The van der Waals surface area contributed by atoms with Crippen molar-refractivity contribution in [2.24, 2.45) is 0 Å². The minimum atomic E-state index is -4.10. The van der Waals surface area contributed by atoms with Gasteiger partial charge in [-0.25, -0.2) is 8.42 Å². The zero-order chi connectivity index (χ0) is 9.07. The van der Waals surface area contributed by atoms with E-state index in [1.807, 2.05) is 0 Å². The summed E-state index contributed by atoms with van der Waals surface area (Å²) in [5.41, 5.74) is 0. The summed E-state index contributed by atoms with van der Waals surface area (Å²) in [6.45, 7) is 0. The van der Waals surface area contributed by atoms with Crippen LogP contribution in [0.2, 0.25) is 0 Å². The molecule has 0 aliphatic rings.